The molecule has 0 unspecified atom stereocenters. The van der Waals surface area contributed by atoms with Crippen LogP contribution < -0.4 is 0 Å². The topological polar surface area (TPSA) is 38.7 Å². The van der Waals surface area contributed by atoms with Gasteiger partial charge in [-0.3, -0.25) is 0 Å². The average molecular weight is 272 g/mol. The molecule has 0 radical (unpaired) electrons. The van der Waals surface area contributed by atoms with Crippen LogP contribution in [-0.4, -0.2) is 37.1 Å². The highest BCUT2D eigenvalue weighted by Gasteiger charge is 2.26. The van der Waals surface area contributed by atoms with Gasteiger partial charge in [0.05, 0.1) is 13.2 Å². The number of aliphatic hydroxyl groups is 1. The van der Waals surface area contributed by atoms with Crippen LogP contribution in [-0.2, 0) is 9.47 Å². The van der Waals surface area contributed by atoms with Gasteiger partial charge in [-0.05, 0) is 19.3 Å². The van der Waals surface area contributed by atoms with E-state index in [0.717, 1.165) is 12.8 Å². The second-order valence-electron chi connectivity index (χ2n) is 5.24. The highest BCUT2D eigenvalue weighted by atomic mass is 16.5. The van der Waals surface area contributed by atoms with Gasteiger partial charge in [0.15, 0.2) is 0 Å². The zero-order valence-electron chi connectivity index (χ0n) is 12.8. The fourth-order valence-corrected chi connectivity index (χ4v) is 1.86. The Morgan fingerprint density at radius 3 is 1.79 bits per heavy atom. The summed E-state index contributed by atoms with van der Waals surface area (Å²) in [6.07, 6.45) is 9.05. The van der Waals surface area contributed by atoms with E-state index >= 15 is 0 Å². The Morgan fingerprint density at radius 1 is 0.947 bits per heavy atom. The fraction of sp³-hybridized carbons (Fsp3) is 0.875. The van der Waals surface area contributed by atoms with E-state index in [1.807, 2.05) is 0 Å². The van der Waals surface area contributed by atoms with Crippen molar-refractivity contribution in [1.29, 1.82) is 0 Å². The maximum atomic E-state index is 10.4. The minimum absolute atomic E-state index is 0.330. The lowest BCUT2D eigenvalue weighted by Gasteiger charge is -2.26. The first kappa shape index (κ1) is 18.6. The van der Waals surface area contributed by atoms with Crippen LogP contribution in [0.15, 0.2) is 12.7 Å². The number of ether oxygens (including phenoxy) is 2. The van der Waals surface area contributed by atoms with Gasteiger partial charge in [-0.15, -0.1) is 6.58 Å². The van der Waals surface area contributed by atoms with E-state index in [-0.39, 0.29) is 0 Å². The van der Waals surface area contributed by atoms with Crippen LogP contribution in [0.4, 0.5) is 0 Å². The Balaban J connectivity index is 3.80. The summed E-state index contributed by atoms with van der Waals surface area (Å²) in [5, 5.41) is 10.4. The summed E-state index contributed by atoms with van der Waals surface area (Å²) in [7, 11) is 0. The molecule has 1 N–H and O–H groups in total. The first-order valence-electron chi connectivity index (χ1n) is 7.67. The van der Waals surface area contributed by atoms with Crippen LogP contribution in [0.3, 0.4) is 0 Å². The SMILES string of the molecule is C=CCC(O)(COCCCCC)COCCCCC. The number of unbranched alkanes of at least 4 members (excludes halogenated alkanes) is 4. The molecule has 0 aromatic rings. The molecule has 114 valence electrons. The normalized spacial score (nSPS) is 11.7. The Morgan fingerprint density at radius 2 is 1.42 bits per heavy atom. The molecule has 0 rings (SSSR count). The van der Waals surface area contributed by atoms with Gasteiger partial charge >= 0.3 is 0 Å². The maximum Gasteiger partial charge on any atom is 0.115 e. The largest absolute Gasteiger partial charge is 0.385 e. The van der Waals surface area contributed by atoms with Crippen molar-refractivity contribution in [3.63, 3.8) is 0 Å². The smallest absolute Gasteiger partial charge is 0.115 e. The van der Waals surface area contributed by atoms with Gasteiger partial charge in [0.1, 0.15) is 5.60 Å². The molecule has 0 aromatic heterocycles. The van der Waals surface area contributed by atoms with Crippen molar-refractivity contribution < 1.29 is 14.6 Å². The van der Waals surface area contributed by atoms with E-state index in [0.29, 0.717) is 32.8 Å². The summed E-state index contributed by atoms with van der Waals surface area (Å²) in [5.41, 5.74) is -0.916. The molecule has 3 nitrogen and oxygen atoms in total. The quantitative estimate of drug-likeness (QED) is 0.387. The van der Waals surface area contributed by atoms with Crippen LogP contribution in [0.5, 0.6) is 0 Å². The molecule has 0 aliphatic rings. The third-order valence-corrected chi connectivity index (χ3v) is 3.05. The van der Waals surface area contributed by atoms with Crippen molar-refractivity contribution in [2.45, 2.75) is 64.4 Å². The van der Waals surface area contributed by atoms with Gasteiger partial charge in [0, 0.05) is 13.2 Å². The van der Waals surface area contributed by atoms with E-state index in [1.54, 1.807) is 6.08 Å². The molecule has 0 spiro atoms. The molecular formula is C16H32O3. The summed E-state index contributed by atoms with van der Waals surface area (Å²) in [6.45, 7) is 10.1. The molecule has 0 fully saturated rings. The lowest BCUT2D eigenvalue weighted by atomic mass is 10.0. The minimum Gasteiger partial charge on any atom is -0.385 e. The predicted octanol–water partition coefficient (Wildman–Crippen LogP) is 3.71. The zero-order chi connectivity index (χ0) is 14.4. The van der Waals surface area contributed by atoms with E-state index < -0.39 is 5.60 Å². The Labute approximate surface area is 119 Å². The molecule has 0 atom stereocenters. The molecule has 0 amide bonds. The van der Waals surface area contributed by atoms with E-state index in [4.69, 9.17) is 9.47 Å². The maximum absolute atomic E-state index is 10.4. The van der Waals surface area contributed by atoms with Crippen LogP contribution in [0.1, 0.15) is 58.8 Å². The molecular weight excluding hydrogens is 240 g/mol. The third-order valence-electron chi connectivity index (χ3n) is 3.05. The highest BCUT2D eigenvalue weighted by Crippen LogP contribution is 2.13. The molecule has 0 aliphatic heterocycles. The number of rotatable bonds is 14. The van der Waals surface area contributed by atoms with Crippen LogP contribution in [0, 0.1) is 0 Å². The average Bonchev–Trinajstić information content (AvgIpc) is 2.39. The molecule has 19 heavy (non-hydrogen) atoms. The number of hydrogen-bond acceptors (Lipinski definition) is 3. The first-order valence-corrected chi connectivity index (χ1v) is 7.67. The van der Waals surface area contributed by atoms with Gasteiger partial charge in [-0.2, -0.15) is 0 Å². The molecule has 0 aliphatic carbocycles. The fourth-order valence-electron chi connectivity index (χ4n) is 1.86. The van der Waals surface area contributed by atoms with Gasteiger partial charge < -0.3 is 14.6 Å². The third kappa shape index (κ3) is 11.2. The van der Waals surface area contributed by atoms with E-state index in [1.165, 1.54) is 25.7 Å². The monoisotopic (exact) mass is 272 g/mol. The molecule has 3 heteroatoms. The standard InChI is InChI=1S/C16H32O3/c1-4-7-9-12-18-14-16(17,11-6-3)15-19-13-10-8-5-2/h6,17H,3-5,7-15H2,1-2H3. The molecule has 0 heterocycles. The van der Waals surface area contributed by atoms with Crippen molar-refractivity contribution in [1.82, 2.24) is 0 Å². The van der Waals surface area contributed by atoms with Crippen LogP contribution in [0.25, 0.3) is 0 Å². The summed E-state index contributed by atoms with van der Waals surface area (Å²) in [4.78, 5) is 0. The Hall–Kier alpha value is -0.380. The van der Waals surface area contributed by atoms with Gasteiger partial charge in [-0.25, -0.2) is 0 Å². The lowest BCUT2D eigenvalue weighted by Crippen LogP contribution is -2.39. The second-order valence-corrected chi connectivity index (χ2v) is 5.24. The van der Waals surface area contributed by atoms with Crippen LogP contribution in [0.2, 0.25) is 0 Å². The van der Waals surface area contributed by atoms with Gasteiger partial charge in [-0.1, -0.05) is 45.6 Å². The first-order chi connectivity index (χ1) is 9.18. The summed E-state index contributed by atoms with van der Waals surface area (Å²) in [6, 6.07) is 0. The lowest BCUT2D eigenvalue weighted by molar-refractivity contribution is -0.0943. The van der Waals surface area contributed by atoms with Crippen molar-refractivity contribution in [3.8, 4) is 0 Å². The summed E-state index contributed by atoms with van der Waals surface area (Å²) in [5.74, 6) is 0. The van der Waals surface area contributed by atoms with Crippen molar-refractivity contribution in [3.05, 3.63) is 12.7 Å². The van der Waals surface area contributed by atoms with E-state index in [2.05, 4.69) is 20.4 Å². The van der Waals surface area contributed by atoms with Crippen molar-refractivity contribution >= 4 is 0 Å². The zero-order valence-corrected chi connectivity index (χ0v) is 12.8. The Kier molecular flexibility index (Phi) is 12.4. The summed E-state index contributed by atoms with van der Waals surface area (Å²) >= 11 is 0. The Bertz CT molecular complexity index is 190. The second kappa shape index (κ2) is 12.6. The number of hydrogen-bond donors (Lipinski definition) is 1. The van der Waals surface area contributed by atoms with Crippen molar-refractivity contribution in [2.24, 2.45) is 0 Å². The minimum atomic E-state index is -0.916. The highest BCUT2D eigenvalue weighted by molar-refractivity contribution is 4.86. The van der Waals surface area contributed by atoms with E-state index in [9.17, 15) is 5.11 Å². The molecule has 0 bridgehead atoms. The van der Waals surface area contributed by atoms with Gasteiger partial charge in [0.2, 0.25) is 0 Å². The molecule has 0 aromatic carbocycles. The summed E-state index contributed by atoms with van der Waals surface area (Å²) < 4.78 is 11.1. The van der Waals surface area contributed by atoms with Crippen molar-refractivity contribution in [2.75, 3.05) is 26.4 Å². The molecule has 0 saturated heterocycles. The molecule has 0 saturated carbocycles. The van der Waals surface area contributed by atoms with Gasteiger partial charge in [0.25, 0.3) is 0 Å². The predicted molar refractivity (Wildman–Crippen MR) is 80.5 cm³/mol. The van der Waals surface area contributed by atoms with Crippen LogP contribution >= 0.6 is 0 Å².